The Hall–Kier alpha value is -0.610. The Morgan fingerprint density at radius 2 is 2.19 bits per heavy atom. The fourth-order valence-corrected chi connectivity index (χ4v) is 2.38. The Morgan fingerprint density at radius 1 is 1.56 bits per heavy atom. The Bertz CT molecular complexity index is 253. The zero-order chi connectivity index (χ0) is 12.3. The van der Waals surface area contributed by atoms with Gasteiger partial charge in [0, 0.05) is 19.1 Å². The number of likely N-dealkylation sites (N-methyl/N-ethyl adjacent to an activating group) is 2. The summed E-state index contributed by atoms with van der Waals surface area (Å²) in [6.07, 6.45) is 2.49. The van der Waals surface area contributed by atoms with E-state index in [-0.39, 0.29) is 0 Å². The van der Waals surface area contributed by atoms with Crippen molar-refractivity contribution in [1.29, 1.82) is 0 Å². The van der Waals surface area contributed by atoms with Gasteiger partial charge in [-0.1, -0.05) is 0 Å². The van der Waals surface area contributed by atoms with Gasteiger partial charge >= 0.3 is 5.97 Å². The lowest BCUT2D eigenvalue weighted by molar-refractivity contribution is -0.147. The topological polar surface area (TPSA) is 43.8 Å². The summed E-state index contributed by atoms with van der Waals surface area (Å²) in [5, 5.41) is 9.07. The third-order valence-corrected chi connectivity index (χ3v) is 3.44. The Morgan fingerprint density at radius 3 is 2.62 bits per heavy atom. The van der Waals surface area contributed by atoms with Crippen LogP contribution >= 0.6 is 0 Å². The smallest absolute Gasteiger partial charge is 0.310 e. The molecule has 0 bridgehead atoms. The SMILES string of the molecule is CN(CC1CCCN1C)CC(C)(C)C(=O)O. The van der Waals surface area contributed by atoms with E-state index in [9.17, 15) is 4.79 Å². The molecule has 1 rings (SSSR count). The molecule has 0 spiro atoms. The van der Waals surface area contributed by atoms with Gasteiger partial charge in [-0.25, -0.2) is 0 Å². The number of hydrogen-bond donors (Lipinski definition) is 1. The molecule has 0 aromatic rings. The van der Waals surface area contributed by atoms with Crippen LogP contribution in [0.1, 0.15) is 26.7 Å². The van der Waals surface area contributed by atoms with Crippen molar-refractivity contribution < 1.29 is 9.90 Å². The largest absolute Gasteiger partial charge is 0.481 e. The third kappa shape index (κ3) is 3.46. The van der Waals surface area contributed by atoms with Crippen LogP contribution in [0.25, 0.3) is 0 Å². The number of carboxylic acids is 1. The van der Waals surface area contributed by atoms with E-state index in [2.05, 4.69) is 16.8 Å². The van der Waals surface area contributed by atoms with Gasteiger partial charge in [-0.3, -0.25) is 4.79 Å². The lowest BCUT2D eigenvalue weighted by Crippen LogP contribution is -2.43. The number of carboxylic acid groups (broad SMARTS) is 1. The maximum atomic E-state index is 11.0. The van der Waals surface area contributed by atoms with Gasteiger partial charge in [-0.05, 0) is 47.3 Å². The highest BCUT2D eigenvalue weighted by atomic mass is 16.4. The summed E-state index contributed by atoms with van der Waals surface area (Å²) in [6.45, 7) is 6.30. The van der Waals surface area contributed by atoms with Gasteiger partial charge in [0.15, 0.2) is 0 Å². The van der Waals surface area contributed by atoms with Crippen molar-refractivity contribution in [2.24, 2.45) is 5.41 Å². The summed E-state index contributed by atoms with van der Waals surface area (Å²) in [5.41, 5.74) is -0.661. The predicted molar refractivity (Wildman–Crippen MR) is 64.6 cm³/mol. The monoisotopic (exact) mass is 228 g/mol. The lowest BCUT2D eigenvalue weighted by atomic mass is 9.93. The summed E-state index contributed by atoms with van der Waals surface area (Å²) < 4.78 is 0. The van der Waals surface area contributed by atoms with Crippen LogP contribution in [0.4, 0.5) is 0 Å². The van der Waals surface area contributed by atoms with Gasteiger partial charge in [0.2, 0.25) is 0 Å². The molecule has 1 aliphatic rings. The van der Waals surface area contributed by atoms with Crippen LogP contribution in [0.5, 0.6) is 0 Å². The fraction of sp³-hybridized carbons (Fsp3) is 0.917. The molecule has 1 atom stereocenters. The maximum Gasteiger partial charge on any atom is 0.310 e. The van der Waals surface area contributed by atoms with Crippen LogP contribution in [0.15, 0.2) is 0 Å². The first-order valence-electron chi connectivity index (χ1n) is 5.95. The van der Waals surface area contributed by atoms with E-state index in [1.807, 2.05) is 7.05 Å². The summed E-state index contributed by atoms with van der Waals surface area (Å²) in [6, 6.07) is 0.592. The van der Waals surface area contributed by atoms with Crippen molar-refractivity contribution in [1.82, 2.24) is 9.80 Å². The van der Waals surface area contributed by atoms with Crippen molar-refractivity contribution in [2.45, 2.75) is 32.7 Å². The van der Waals surface area contributed by atoms with E-state index < -0.39 is 11.4 Å². The molecule has 0 aromatic carbocycles. The van der Waals surface area contributed by atoms with Gasteiger partial charge in [0.05, 0.1) is 5.41 Å². The van der Waals surface area contributed by atoms with Gasteiger partial charge < -0.3 is 14.9 Å². The number of likely N-dealkylation sites (tertiary alicyclic amines) is 1. The molecule has 0 radical (unpaired) electrons. The number of aliphatic carboxylic acids is 1. The van der Waals surface area contributed by atoms with E-state index >= 15 is 0 Å². The molecule has 1 unspecified atom stereocenters. The molecule has 94 valence electrons. The average Bonchev–Trinajstić information content (AvgIpc) is 2.50. The molecule has 1 N–H and O–H groups in total. The summed E-state index contributed by atoms with van der Waals surface area (Å²) >= 11 is 0. The molecule has 16 heavy (non-hydrogen) atoms. The second-order valence-electron chi connectivity index (χ2n) is 5.66. The van der Waals surface area contributed by atoms with Crippen LogP contribution < -0.4 is 0 Å². The van der Waals surface area contributed by atoms with E-state index in [0.29, 0.717) is 12.6 Å². The first-order valence-corrected chi connectivity index (χ1v) is 5.95. The predicted octanol–water partition coefficient (Wildman–Crippen LogP) is 1.12. The summed E-state index contributed by atoms with van der Waals surface area (Å²) in [4.78, 5) is 15.5. The van der Waals surface area contributed by atoms with Gasteiger partial charge in [0.1, 0.15) is 0 Å². The second kappa shape index (κ2) is 5.15. The van der Waals surface area contributed by atoms with Crippen molar-refractivity contribution in [3.05, 3.63) is 0 Å². The average molecular weight is 228 g/mol. The van der Waals surface area contributed by atoms with E-state index in [0.717, 1.165) is 6.54 Å². The highest BCUT2D eigenvalue weighted by Gasteiger charge is 2.30. The first-order chi connectivity index (χ1) is 7.33. The van der Waals surface area contributed by atoms with Gasteiger partial charge in [-0.15, -0.1) is 0 Å². The van der Waals surface area contributed by atoms with Gasteiger partial charge in [-0.2, -0.15) is 0 Å². The van der Waals surface area contributed by atoms with Crippen LogP contribution in [-0.2, 0) is 4.79 Å². The standard InChI is InChI=1S/C12H24N2O2/c1-12(2,11(15)16)9-13(3)8-10-6-5-7-14(10)4/h10H,5-9H2,1-4H3,(H,15,16). The quantitative estimate of drug-likeness (QED) is 0.766. The molecule has 1 aliphatic heterocycles. The molecule has 1 fully saturated rings. The third-order valence-electron chi connectivity index (χ3n) is 3.44. The van der Waals surface area contributed by atoms with Crippen LogP contribution in [0, 0.1) is 5.41 Å². The number of hydrogen-bond acceptors (Lipinski definition) is 3. The zero-order valence-electron chi connectivity index (χ0n) is 10.9. The Labute approximate surface area is 98.2 Å². The molecule has 1 saturated heterocycles. The molecule has 0 saturated carbocycles. The van der Waals surface area contributed by atoms with Crippen molar-refractivity contribution in [3.63, 3.8) is 0 Å². The highest BCUT2D eigenvalue weighted by Crippen LogP contribution is 2.19. The summed E-state index contributed by atoms with van der Waals surface area (Å²) in [5.74, 6) is -0.723. The molecule has 1 heterocycles. The number of nitrogens with zero attached hydrogens (tertiary/aromatic N) is 2. The number of carbonyl (C=O) groups is 1. The van der Waals surface area contributed by atoms with Crippen LogP contribution in [0.3, 0.4) is 0 Å². The molecule has 4 heteroatoms. The Balaban J connectivity index is 2.41. The molecule has 0 aliphatic carbocycles. The molecule has 0 aromatic heterocycles. The van der Waals surface area contributed by atoms with Crippen molar-refractivity contribution >= 4 is 5.97 Å². The second-order valence-corrected chi connectivity index (χ2v) is 5.66. The van der Waals surface area contributed by atoms with Crippen LogP contribution in [-0.4, -0.2) is 60.6 Å². The van der Waals surface area contributed by atoms with E-state index in [1.54, 1.807) is 13.8 Å². The maximum absolute atomic E-state index is 11.0. The molecular weight excluding hydrogens is 204 g/mol. The minimum atomic E-state index is -0.723. The normalized spacial score (nSPS) is 22.9. The van der Waals surface area contributed by atoms with E-state index in [1.165, 1.54) is 19.4 Å². The fourth-order valence-electron chi connectivity index (χ4n) is 2.38. The summed E-state index contributed by atoms with van der Waals surface area (Å²) in [7, 11) is 4.16. The zero-order valence-corrected chi connectivity index (χ0v) is 10.9. The first kappa shape index (κ1) is 13.5. The van der Waals surface area contributed by atoms with Crippen molar-refractivity contribution in [3.8, 4) is 0 Å². The van der Waals surface area contributed by atoms with Crippen molar-refractivity contribution in [2.75, 3.05) is 33.7 Å². The molecule has 0 amide bonds. The molecular formula is C12H24N2O2. The lowest BCUT2D eigenvalue weighted by Gasteiger charge is -2.30. The molecule has 4 nitrogen and oxygen atoms in total. The Kier molecular flexibility index (Phi) is 4.33. The minimum absolute atomic E-state index is 0.592. The minimum Gasteiger partial charge on any atom is -0.481 e. The van der Waals surface area contributed by atoms with Gasteiger partial charge in [0.25, 0.3) is 0 Å². The van der Waals surface area contributed by atoms with E-state index in [4.69, 9.17) is 5.11 Å². The highest BCUT2D eigenvalue weighted by molar-refractivity contribution is 5.73. The number of rotatable bonds is 5. The van der Waals surface area contributed by atoms with Crippen LogP contribution in [0.2, 0.25) is 0 Å².